The Morgan fingerprint density at radius 2 is 1.65 bits per heavy atom. The largest absolute Gasteiger partial charge is 0.519 e. The van der Waals surface area contributed by atoms with E-state index in [1.165, 1.54) is 33.0 Å². The summed E-state index contributed by atoms with van der Waals surface area (Å²) >= 11 is 0. The van der Waals surface area contributed by atoms with Gasteiger partial charge in [-0.25, -0.2) is 14.4 Å². The van der Waals surface area contributed by atoms with Gasteiger partial charge in [-0.05, 0) is 57.2 Å². The first-order valence-electron chi connectivity index (χ1n) is 18.8. The van der Waals surface area contributed by atoms with Gasteiger partial charge in [-0.1, -0.05) is 75.7 Å². The number of nitrogens with one attached hydrogen (secondary N) is 1. The van der Waals surface area contributed by atoms with Gasteiger partial charge in [0.15, 0.2) is 23.7 Å². The minimum atomic E-state index is -2.59. The summed E-state index contributed by atoms with van der Waals surface area (Å²) in [5.74, 6) is 0.811. The molecule has 1 aromatic carbocycles. The summed E-state index contributed by atoms with van der Waals surface area (Å²) in [7, 11) is 1.17. The van der Waals surface area contributed by atoms with Crippen LogP contribution in [0, 0.1) is 24.7 Å². The number of amides is 1. The Hall–Kier alpha value is -4.67. The summed E-state index contributed by atoms with van der Waals surface area (Å²) in [6.07, 6.45) is 12.8. The molecular formula is C41H57NO12. The Labute approximate surface area is 317 Å². The average Bonchev–Trinajstić information content (AvgIpc) is 3.48. The molecule has 1 unspecified atom stereocenters. The Balaban J connectivity index is 2.18. The molecule has 54 heavy (non-hydrogen) atoms. The van der Waals surface area contributed by atoms with Gasteiger partial charge in [0.2, 0.25) is 5.91 Å². The summed E-state index contributed by atoms with van der Waals surface area (Å²) in [6.45, 7) is 4.22. The van der Waals surface area contributed by atoms with Gasteiger partial charge in [-0.15, -0.1) is 5.92 Å². The molecule has 0 bridgehead atoms. The van der Waals surface area contributed by atoms with Crippen molar-refractivity contribution in [3.8, 4) is 17.6 Å². The lowest BCUT2D eigenvalue weighted by Crippen LogP contribution is -2.55. The van der Waals surface area contributed by atoms with Crippen LogP contribution in [-0.2, 0) is 41.7 Å². The maximum atomic E-state index is 14.0. The number of carbonyl (C=O) groups excluding carboxylic acids is 4. The molecule has 0 aliphatic carbocycles. The highest BCUT2D eigenvalue weighted by Gasteiger charge is 2.48. The monoisotopic (exact) mass is 755 g/mol. The van der Waals surface area contributed by atoms with Gasteiger partial charge >= 0.3 is 17.8 Å². The molecule has 298 valence electrons. The van der Waals surface area contributed by atoms with Crippen LogP contribution in [0.25, 0.3) is 0 Å². The van der Waals surface area contributed by atoms with Crippen LogP contribution in [0.1, 0.15) is 114 Å². The Bertz CT molecular complexity index is 1600. The third-order valence-electron chi connectivity index (χ3n) is 8.93. The topological polar surface area (TPSA) is 192 Å². The molecule has 0 radical (unpaired) electrons. The first-order valence-corrected chi connectivity index (χ1v) is 18.8. The number of unbranched alkanes of at least 4 members (excludes halogenated alkanes) is 8. The maximum absolute atomic E-state index is 14.0. The third-order valence-corrected chi connectivity index (χ3v) is 8.93. The van der Waals surface area contributed by atoms with Crippen LogP contribution >= 0.6 is 0 Å². The van der Waals surface area contributed by atoms with Crippen LogP contribution in [-0.4, -0.2) is 65.8 Å². The number of methoxy groups -OCH3 is 1. The lowest BCUT2D eigenvalue weighted by atomic mass is 9.83. The predicted octanol–water partition coefficient (Wildman–Crippen LogP) is 5.44. The average molecular weight is 756 g/mol. The molecular weight excluding hydrogens is 698 g/mol. The first kappa shape index (κ1) is 45.5. The number of esters is 2. The molecule has 3 atom stereocenters. The molecule has 0 fully saturated rings. The highest BCUT2D eigenvalue weighted by atomic mass is 16.6. The zero-order chi connectivity index (χ0) is 39.8. The number of ether oxygens (including phenoxy) is 3. The number of allylic oxidation sites excluding steroid dienone is 1. The fourth-order valence-corrected chi connectivity index (χ4v) is 5.75. The number of rotatable bonds is 27. The predicted molar refractivity (Wildman–Crippen MR) is 200 cm³/mol. The number of ketones is 1. The number of aliphatic hydroxyl groups excluding tert-OH is 1. The van der Waals surface area contributed by atoms with Crippen molar-refractivity contribution in [2.75, 3.05) is 20.3 Å². The lowest BCUT2D eigenvalue weighted by Gasteiger charge is -2.32. The summed E-state index contributed by atoms with van der Waals surface area (Å²) in [4.78, 5) is 64.0. The van der Waals surface area contributed by atoms with Gasteiger partial charge in [0.1, 0.15) is 24.2 Å². The highest BCUT2D eigenvalue weighted by molar-refractivity contribution is 5.93. The molecule has 1 heterocycles. The molecule has 0 spiro atoms. The minimum Gasteiger partial charge on any atom is -0.481 e. The molecule has 0 saturated heterocycles. The van der Waals surface area contributed by atoms with Crippen molar-refractivity contribution in [1.29, 1.82) is 0 Å². The first-order chi connectivity index (χ1) is 26.0. The van der Waals surface area contributed by atoms with Gasteiger partial charge in [-0.2, -0.15) is 0 Å². The number of benzene rings is 1. The van der Waals surface area contributed by atoms with Gasteiger partial charge in [-0.3, -0.25) is 9.59 Å². The molecule has 2 aromatic rings. The smallest absolute Gasteiger partial charge is 0.481 e. The van der Waals surface area contributed by atoms with E-state index in [2.05, 4.69) is 24.1 Å². The second-order valence-corrected chi connectivity index (χ2v) is 13.1. The van der Waals surface area contributed by atoms with Crippen LogP contribution in [0.2, 0.25) is 0 Å². The number of Topliss-reactive ketones (excluding diaryl/α,β-unsaturated/α-hetero) is 1. The fourth-order valence-electron chi connectivity index (χ4n) is 5.75. The molecule has 0 saturated carbocycles. The summed E-state index contributed by atoms with van der Waals surface area (Å²) in [5, 5.41) is 24.3. The lowest BCUT2D eigenvalue weighted by molar-refractivity contribution is -0.176. The molecule has 1 amide bonds. The molecule has 13 nitrogen and oxygen atoms in total. The molecule has 1 aromatic heterocycles. The van der Waals surface area contributed by atoms with Crippen molar-refractivity contribution in [1.82, 2.24) is 5.32 Å². The van der Waals surface area contributed by atoms with Gasteiger partial charge < -0.3 is 38.6 Å². The number of aliphatic hydroxyl groups is 2. The van der Waals surface area contributed by atoms with Crippen LogP contribution < -0.4 is 15.9 Å². The van der Waals surface area contributed by atoms with E-state index in [1.54, 1.807) is 37.3 Å². The van der Waals surface area contributed by atoms with Crippen LogP contribution in [0.15, 0.2) is 50.0 Å². The van der Waals surface area contributed by atoms with Crippen molar-refractivity contribution in [3.05, 3.63) is 64.1 Å². The minimum absolute atomic E-state index is 0.00687. The van der Waals surface area contributed by atoms with Crippen LogP contribution in [0.4, 0.5) is 0 Å². The van der Waals surface area contributed by atoms with Crippen molar-refractivity contribution in [2.45, 2.75) is 129 Å². The van der Waals surface area contributed by atoms with Crippen LogP contribution in [0.5, 0.6) is 5.75 Å². The van der Waals surface area contributed by atoms with Gasteiger partial charge in [0.25, 0.3) is 0 Å². The highest BCUT2D eigenvalue weighted by Crippen LogP contribution is 2.27. The number of carbonyl (C=O) groups is 4. The standard InChI is InChI=1S/C41H57NO12/c1-5-7-9-12-15-18-32(44)19-16-13-10-11-14-17-20-34(41(49,25-26-43)39(47)52-29-36-30(3)53-40(48)54-36)37(45)42-35(38(46)50-4)28-31-21-23-33(24-22-31)51-27-8-6-2/h17,20-24,34-35,43,49H,5,7,9-16,18-19,25-29H2,1-4H3,(H,42,45)/b20-17+/t34-,35+,41?/m1/s1. The van der Waals surface area contributed by atoms with E-state index in [4.69, 9.17) is 23.0 Å². The van der Waals surface area contributed by atoms with Gasteiger partial charge in [0.05, 0.1) is 13.0 Å². The summed E-state index contributed by atoms with van der Waals surface area (Å²) in [5.41, 5.74) is -1.94. The molecule has 0 aliphatic rings. The number of hydrogen-bond acceptors (Lipinski definition) is 12. The normalized spacial score (nSPS) is 13.3. The van der Waals surface area contributed by atoms with E-state index in [1.807, 2.05) is 0 Å². The fraction of sp³-hybridized carbons (Fsp3) is 0.585. The quantitative estimate of drug-likeness (QED) is 0.0453. The molecule has 0 aliphatic heterocycles. The van der Waals surface area contributed by atoms with Gasteiger partial charge in [0, 0.05) is 32.3 Å². The zero-order valence-corrected chi connectivity index (χ0v) is 32.1. The van der Waals surface area contributed by atoms with Crippen molar-refractivity contribution >= 4 is 23.6 Å². The van der Waals surface area contributed by atoms with E-state index in [0.717, 1.165) is 38.5 Å². The number of hydrogen-bond donors (Lipinski definition) is 3. The molecule has 13 heteroatoms. The molecule has 3 N–H and O–H groups in total. The third kappa shape index (κ3) is 16.1. The number of aryl methyl sites for hydroxylation is 1. The molecule has 2 rings (SSSR count). The summed E-state index contributed by atoms with van der Waals surface area (Å²) < 4.78 is 25.4. The van der Waals surface area contributed by atoms with Crippen molar-refractivity contribution in [3.63, 3.8) is 0 Å². The Morgan fingerprint density at radius 3 is 2.24 bits per heavy atom. The second-order valence-electron chi connectivity index (χ2n) is 13.1. The SMILES string of the molecule is CC#CCOc1ccc(C[C@H](NC(=O)[C@@H](/C=C/CCCCCCC(=O)CCCCCCC)C(O)(CCO)C(=O)OCc2oc(=O)oc2C)C(=O)OC)cc1. The van der Waals surface area contributed by atoms with Crippen molar-refractivity contribution in [2.24, 2.45) is 5.92 Å². The maximum Gasteiger partial charge on any atom is 0.519 e. The van der Waals surface area contributed by atoms with E-state index < -0.39 is 60.9 Å². The summed E-state index contributed by atoms with van der Waals surface area (Å²) in [6, 6.07) is 5.61. The zero-order valence-electron chi connectivity index (χ0n) is 32.1. The van der Waals surface area contributed by atoms with E-state index in [0.29, 0.717) is 37.0 Å². The van der Waals surface area contributed by atoms with E-state index >= 15 is 0 Å². The Morgan fingerprint density at radius 1 is 0.981 bits per heavy atom. The second kappa shape index (κ2) is 25.4. The van der Waals surface area contributed by atoms with Crippen LogP contribution in [0.3, 0.4) is 0 Å². The Kier molecular flexibility index (Phi) is 21.4. The van der Waals surface area contributed by atoms with E-state index in [-0.39, 0.29) is 30.3 Å². The van der Waals surface area contributed by atoms with Crippen molar-refractivity contribution < 1.29 is 52.4 Å². The van der Waals surface area contributed by atoms with E-state index in [9.17, 15) is 34.2 Å².